The summed E-state index contributed by atoms with van der Waals surface area (Å²) in [6.07, 6.45) is -0.613. The number of aliphatic hydroxyl groups is 1. The van der Waals surface area contributed by atoms with Gasteiger partial charge in [-0.3, -0.25) is 9.69 Å². The molecule has 32 heavy (non-hydrogen) atoms. The van der Waals surface area contributed by atoms with Crippen molar-refractivity contribution in [2.24, 2.45) is 0 Å². The lowest BCUT2D eigenvalue weighted by atomic mass is 10.1. The number of nitrogens with zero attached hydrogens (tertiary/aromatic N) is 2. The zero-order valence-electron chi connectivity index (χ0n) is 18.8. The standard InChI is InChI=1S/C24H31N3O5/c1-17-14-27(21-8-4-19(5-9-21)24(30)31-3)13-12-26(17)15-22(29)16-32-23-10-6-20(7-11-23)25-18(2)28/h4-11,17,22,29H,12-16H2,1-3H3,(H,25,28). The molecule has 0 saturated carbocycles. The number of rotatable bonds is 8. The molecule has 3 rings (SSSR count). The number of carbonyl (C=O) groups is 2. The van der Waals surface area contributed by atoms with Crippen LogP contribution in [0.5, 0.6) is 5.75 Å². The lowest BCUT2D eigenvalue weighted by molar-refractivity contribution is -0.114. The number of aliphatic hydroxyl groups excluding tert-OH is 1. The van der Waals surface area contributed by atoms with E-state index in [4.69, 9.17) is 9.47 Å². The molecule has 1 saturated heterocycles. The molecule has 2 atom stereocenters. The first-order chi connectivity index (χ1) is 15.4. The number of esters is 1. The lowest BCUT2D eigenvalue weighted by Gasteiger charge is -2.41. The summed E-state index contributed by atoms with van der Waals surface area (Å²) in [5.74, 6) is 0.183. The molecule has 0 spiro atoms. The van der Waals surface area contributed by atoms with Crippen LogP contribution in [0, 0.1) is 0 Å². The second kappa shape index (κ2) is 11.0. The number of methoxy groups -OCH3 is 1. The molecule has 0 radical (unpaired) electrons. The molecule has 2 N–H and O–H groups in total. The van der Waals surface area contributed by atoms with Gasteiger partial charge in [-0.2, -0.15) is 0 Å². The highest BCUT2D eigenvalue weighted by molar-refractivity contribution is 5.89. The predicted octanol–water partition coefficient (Wildman–Crippen LogP) is 2.38. The van der Waals surface area contributed by atoms with Crippen molar-refractivity contribution in [3.63, 3.8) is 0 Å². The van der Waals surface area contributed by atoms with E-state index in [1.54, 1.807) is 36.4 Å². The van der Waals surface area contributed by atoms with E-state index in [1.807, 2.05) is 12.1 Å². The van der Waals surface area contributed by atoms with Gasteiger partial charge >= 0.3 is 5.97 Å². The van der Waals surface area contributed by atoms with Crippen LogP contribution in [-0.2, 0) is 9.53 Å². The van der Waals surface area contributed by atoms with Gasteiger partial charge in [0.1, 0.15) is 18.5 Å². The van der Waals surface area contributed by atoms with E-state index in [2.05, 4.69) is 22.0 Å². The lowest BCUT2D eigenvalue weighted by Crippen LogP contribution is -2.54. The van der Waals surface area contributed by atoms with Crippen molar-refractivity contribution in [2.45, 2.75) is 26.0 Å². The highest BCUT2D eigenvalue weighted by Crippen LogP contribution is 2.21. The summed E-state index contributed by atoms with van der Waals surface area (Å²) < 4.78 is 10.4. The van der Waals surface area contributed by atoms with Crippen LogP contribution < -0.4 is 15.0 Å². The Morgan fingerprint density at radius 1 is 1.12 bits per heavy atom. The average Bonchev–Trinajstić information content (AvgIpc) is 2.79. The molecule has 2 aromatic rings. The Balaban J connectivity index is 1.45. The van der Waals surface area contributed by atoms with Crippen molar-refractivity contribution in [1.29, 1.82) is 0 Å². The van der Waals surface area contributed by atoms with Crippen molar-refractivity contribution in [3.05, 3.63) is 54.1 Å². The zero-order valence-corrected chi connectivity index (χ0v) is 18.8. The Morgan fingerprint density at radius 3 is 2.41 bits per heavy atom. The van der Waals surface area contributed by atoms with Gasteiger partial charge in [-0.25, -0.2) is 4.79 Å². The zero-order chi connectivity index (χ0) is 23.1. The summed E-state index contributed by atoms with van der Waals surface area (Å²) in [4.78, 5) is 27.2. The summed E-state index contributed by atoms with van der Waals surface area (Å²) in [6.45, 7) is 6.81. The Labute approximate surface area is 188 Å². The molecular weight excluding hydrogens is 410 g/mol. The molecule has 1 amide bonds. The monoisotopic (exact) mass is 441 g/mol. The Kier molecular flexibility index (Phi) is 8.08. The summed E-state index contributed by atoms with van der Waals surface area (Å²) in [5, 5.41) is 13.2. The van der Waals surface area contributed by atoms with Crippen LogP contribution in [0.3, 0.4) is 0 Å². The maximum Gasteiger partial charge on any atom is 0.337 e. The van der Waals surface area contributed by atoms with Crippen LogP contribution in [0.15, 0.2) is 48.5 Å². The molecule has 0 aromatic heterocycles. The third kappa shape index (κ3) is 6.45. The normalized spacial score (nSPS) is 17.5. The number of amides is 1. The van der Waals surface area contributed by atoms with Crippen molar-refractivity contribution in [2.75, 3.05) is 50.1 Å². The van der Waals surface area contributed by atoms with Gasteiger partial charge in [-0.15, -0.1) is 0 Å². The van der Waals surface area contributed by atoms with Gasteiger partial charge in [-0.1, -0.05) is 0 Å². The molecule has 172 valence electrons. The van der Waals surface area contributed by atoms with Crippen molar-refractivity contribution < 1.29 is 24.2 Å². The van der Waals surface area contributed by atoms with Crippen LogP contribution in [0.25, 0.3) is 0 Å². The second-order valence-electron chi connectivity index (χ2n) is 8.00. The Hall–Kier alpha value is -3.10. The molecule has 8 heteroatoms. The van der Waals surface area contributed by atoms with E-state index < -0.39 is 6.10 Å². The number of hydrogen-bond donors (Lipinski definition) is 2. The number of hydrogen-bond acceptors (Lipinski definition) is 7. The quantitative estimate of drug-likeness (QED) is 0.608. The molecule has 1 aliphatic heterocycles. The minimum atomic E-state index is -0.613. The third-order valence-electron chi connectivity index (χ3n) is 5.48. The first-order valence-corrected chi connectivity index (χ1v) is 10.7. The number of benzene rings is 2. The molecular formula is C24H31N3O5. The van der Waals surface area contributed by atoms with Crippen molar-refractivity contribution in [3.8, 4) is 5.75 Å². The van der Waals surface area contributed by atoms with E-state index in [9.17, 15) is 14.7 Å². The van der Waals surface area contributed by atoms with E-state index in [0.717, 1.165) is 25.3 Å². The average molecular weight is 442 g/mol. The molecule has 8 nitrogen and oxygen atoms in total. The van der Waals surface area contributed by atoms with Gasteiger partial charge in [0.15, 0.2) is 0 Å². The van der Waals surface area contributed by atoms with Gasteiger partial charge in [0, 0.05) is 50.5 Å². The van der Waals surface area contributed by atoms with Crippen LogP contribution in [0.1, 0.15) is 24.2 Å². The highest BCUT2D eigenvalue weighted by atomic mass is 16.5. The number of nitrogens with one attached hydrogen (secondary N) is 1. The molecule has 1 heterocycles. The van der Waals surface area contributed by atoms with E-state index >= 15 is 0 Å². The van der Waals surface area contributed by atoms with E-state index in [1.165, 1.54) is 14.0 Å². The highest BCUT2D eigenvalue weighted by Gasteiger charge is 2.25. The summed E-state index contributed by atoms with van der Waals surface area (Å²) >= 11 is 0. The summed E-state index contributed by atoms with van der Waals surface area (Å²) in [5.41, 5.74) is 2.31. The predicted molar refractivity (Wildman–Crippen MR) is 123 cm³/mol. The second-order valence-corrected chi connectivity index (χ2v) is 8.00. The molecule has 0 bridgehead atoms. The van der Waals surface area contributed by atoms with Gasteiger partial charge in [0.2, 0.25) is 5.91 Å². The van der Waals surface area contributed by atoms with Gasteiger partial charge < -0.3 is 24.8 Å². The fraction of sp³-hybridized carbons (Fsp3) is 0.417. The summed E-state index contributed by atoms with van der Waals surface area (Å²) in [7, 11) is 1.38. The fourth-order valence-electron chi connectivity index (χ4n) is 3.78. The molecule has 1 fully saturated rings. The topological polar surface area (TPSA) is 91.3 Å². The van der Waals surface area contributed by atoms with Crippen LogP contribution in [0.4, 0.5) is 11.4 Å². The fourth-order valence-corrected chi connectivity index (χ4v) is 3.78. The number of β-amino-alcohol motifs (C(OH)–C–C–N with tert-alkyl or cyclic N) is 1. The smallest absolute Gasteiger partial charge is 0.337 e. The summed E-state index contributed by atoms with van der Waals surface area (Å²) in [6, 6.07) is 14.8. The maximum absolute atomic E-state index is 11.6. The van der Waals surface area contributed by atoms with Crippen molar-refractivity contribution >= 4 is 23.3 Å². The first-order valence-electron chi connectivity index (χ1n) is 10.7. The van der Waals surface area contributed by atoms with E-state index in [0.29, 0.717) is 23.5 Å². The van der Waals surface area contributed by atoms with Gasteiger partial charge in [0.25, 0.3) is 0 Å². The van der Waals surface area contributed by atoms with Crippen LogP contribution >= 0.6 is 0 Å². The first kappa shape index (κ1) is 23.6. The molecule has 1 aliphatic rings. The number of ether oxygens (including phenoxy) is 2. The maximum atomic E-state index is 11.6. The van der Waals surface area contributed by atoms with Gasteiger partial charge in [0.05, 0.1) is 12.7 Å². The molecule has 2 unspecified atom stereocenters. The number of anilines is 2. The number of carbonyl (C=O) groups excluding carboxylic acids is 2. The Bertz CT molecular complexity index is 901. The number of piperazine rings is 1. The molecule has 0 aliphatic carbocycles. The van der Waals surface area contributed by atoms with Crippen LogP contribution in [0.2, 0.25) is 0 Å². The molecule has 2 aromatic carbocycles. The Morgan fingerprint density at radius 2 is 1.81 bits per heavy atom. The van der Waals surface area contributed by atoms with E-state index in [-0.39, 0.29) is 24.5 Å². The largest absolute Gasteiger partial charge is 0.491 e. The minimum Gasteiger partial charge on any atom is -0.491 e. The van der Waals surface area contributed by atoms with Crippen LogP contribution in [-0.4, -0.2) is 73.9 Å². The minimum absolute atomic E-state index is 0.124. The van der Waals surface area contributed by atoms with Gasteiger partial charge in [-0.05, 0) is 55.5 Å². The third-order valence-corrected chi connectivity index (χ3v) is 5.48. The van der Waals surface area contributed by atoms with Crippen molar-refractivity contribution in [1.82, 2.24) is 4.90 Å². The SMILES string of the molecule is COC(=O)c1ccc(N2CCN(CC(O)COc3ccc(NC(C)=O)cc3)C(C)C2)cc1.